The molecule has 0 saturated carbocycles. The van der Waals surface area contributed by atoms with Gasteiger partial charge in [-0.3, -0.25) is 0 Å². The van der Waals surface area contributed by atoms with E-state index in [-0.39, 0.29) is 6.17 Å². The zero-order chi connectivity index (χ0) is 30.0. The molecule has 1 unspecified atom stereocenters. The molecule has 0 spiro atoms. The van der Waals surface area contributed by atoms with Crippen LogP contribution in [0, 0.1) is 0 Å². The van der Waals surface area contributed by atoms with Gasteiger partial charge < -0.3 is 45.4 Å². The summed E-state index contributed by atoms with van der Waals surface area (Å²) in [4.78, 5) is 13.2. The summed E-state index contributed by atoms with van der Waals surface area (Å²) in [6.07, 6.45) is 6.27. The van der Waals surface area contributed by atoms with Crippen LogP contribution >= 0.6 is 0 Å². The molecule has 230 valence electrons. The number of hydrogen-bond acceptors (Lipinski definition) is 9. The second kappa shape index (κ2) is 15.1. The Morgan fingerprint density at radius 1 is 0.953 bits per heavy atom. The van der Waals surface area contributed by atoms with Gasteiger partial charge in [0, 0.05) is 38.4 Å². The molecular formula is C33H45N7O3. The topological polar surface area (TPSA) is 113 Å². The third kappa shape index (κ3) is 8.17. The van der Waals surface area contributed by atoms with Crippen molar-refractivity contribution in [2.24, 2.45) is 5.73 Å². The first kappa shape index (κ1) is 30.6. The molecule has 2 aromatic carbocycles. The molecule has 0 radical (unpaired) electrons. The fourth-order valence-corrected chi connectivity index (χ4v) is 5.16. The molecule has 5 N–H and O–H groups in total. The Hall–Kier alpha value is -3.83. The Bertz CT molecular complexity index is 1420. The highest BCUT2D eigenvalue weighted by molar-refractivity contribution is 5.82. The SMILES string of the molecule is C/C=C1/NC(c2ccc(OCCOCCOCCN)cc2)N/C1=C/C=C(\C)c1nc2cc(N3CCN(C)CC3)ccc2[nH]1. The molecule has 3 heterocycles. The van der Waals surface area contributed by atoms with Gasteiger partial charge in [-0.2, -0.15) is 0 Å². The Morgan fingerprint density at radius 3 is 2.42 bits per heavy atom. The quantitative estimate of drug-likeness (QED) is 0.222. The zero-order valence-corrected chi connectivity index (χ0v) is 25.6. The number of nitrogens with two attached hydrogens (primary N) is 1. The van der Waals surface area contributed by atoms with Gasteiger partial charge in [0.05, 0.1) is 48.9 Å². The number of likely N-dealkylation sites (N-methyl/N-ethyl adjacent to an activating group) is 1. The number of benzene rings is 2. The van der Waals surface area contributed by atoms with Crippen molar-refractivity contribution in [3.05, 3.63) is 83.5 Å². The monoisotopic (exact) mass is 587 g/mol. The molecule has 5 rings (SSSR count). The summed E-state index contributed by atoms with van der Waals surface area (Å²) in [6.45, 7) is 11.5. The van der Waals surface area contributed by atoms with Crippen LogP contribution in [-0.2, 0) is 9.47 Å². The number of H-pyrrole nitrogens is 1. The molecule has 2 aliphatic heterocycles. The van der Waals surface area contributed by atoms with Crippen LogP contribution in [-0.4, -0.2) is 87.7 Å². The van der Waals surface area contributed by atoms with E-state index >= 15 is 0 Å². The van der Waals surface area contributed by atoms with Gasteiger partial charge >= 0.3 is 0 Å². The number of piperazine rings is 1. The molecule has 0 bridgehead atoms. The number of fused-ring (bicyclic) bond motifs is 1. The molecule has 2 saturated heterocycles. The van der Waals surface area contributed by atoms with Crippen molar-refractivity contribution in [3.8, 4) is 5.75 Å². The van der Waals surface area contributed by atoms with E-state index in [1.54, 1.807) is 0 Å². The average molecular weight is 588 g/mol. The van der Waals surface area contributed by atoms with E-state index in [1.165, 1.54) is 5.69 Å². The molecule has 1 aromatic heterocycles. The first-order valence-electron chi connectivity index (χ1n) is 15.1. The molecule has 3 aromatic rings. The summed E-state index contributed by atoms with van der Waals surface area (Å²) in [5.74, 6) is 1.69. The summed E-state index contributed by atoms with van der Waals surface area (Å²) in [5.41, 5.74) is 13.0. The number of anilines is 1. The van der Waals surface area contributed by atoms with Gasteiger partial charge in [0.2, 0.25) is 0 Å². The predicted octanol–water partition coefficient (Wildman–Crippen LogP) is 3.77. The van der Waals surface area contributed by atoms with Gasteiger partial charge in [-0.1, -0.05) is 24.3 Å². The van der Waals surface area contributed by atoms with Gasteiger partial charge in [-0.05, 0) is 68.4 Å². The number of aromatic nitrogens is 2. The standard InChI is InChI=1S/C33H45N7O3/c1-4-28-29(37-33(35-28)25-6-9-27(10-7-25)43-22-21-42-20-19-41-18-13-34)11-5-24(2)32-36-30-12-8-26(23-31(30)38-32)40-16-14-39(3)15-17-40/h4-12,23,33,35,37H,13-22,34H2,1-3H3,(H,36,38)/b24-5+,28-4+,29-11+. The van der Waals surface area contributed by atoms with E-state index in [1.807, 2.05) is 19.1 Å². The van der Waals surface area contributed by atoms with Crippen molar-refractivity contribution in [1.29, 1.82) is 0 Å². The average Bonchev–Trinajstić information content (AvgIpc) is 3.66. The van der Waals surface area contributed by atoms with Crippen molar-refractivity contribution in [2.75, 3.05) is 77.7 Å². The highest BCUT2D eigenvalue weighted by Gasteiger charge is 2.23. The van der Waals surface area contributed by atoms with Crippen molar-refractivity contribution in [1.82, 2.24) is 25.5 Å². The molecule has 0 aliphatic carbocycles. The minimum Gasteiger partial charge on any atom is -0.491 e. The number of ether oxygens (including phenoxy) is 3. The number of allylic oxidation sites excluding steroid dienone is 4. The molecule has 2 aliphatic rings. The van der Waals surface area contributed by atoms with Gasteiger partial charge in [0.25, 0.3) is 0 Å². The summed E-state index contributed by atoms with van der Waals surface area (Å²) in [7, 11) is 2.18. The van der Waals surface area contributed by atoms with Gasteiger partial charge in [-0.15, -0.1) is 0 Å². The Morgan fingerprint density at radius 2 is 1.67 bits per heavy atom. The van der Waals surface area contributed by atoms with Crippen LogP contribution in [0.25, 0.3) is 16.6 Å². The minimum absolute atomic E-state index is 0.0312. The fourth-order valence-electron chi connectivity index (χ4n) is 5.16. The molecule has 10 heteroatoms. The smallest absolute Gasteiger partial charge is 0.134 e. The number of rotatable bonds is 13. The maximum absolute atomic E-state index is 5.81. The molecule has 43 heavy (non-hydrogen) atoms. The van der Waals surface area contributed by atoms with Crippen molar-refractivity contribution in [2.45, 2.75) is 20.0 Å². The first-order chi connectivity index (χ1) is 21.0. The lowest BCUT2D eigenvalue weighted by Gasteiger charge is -2.34. The lowest BCUT2D eigenvalue weighted by atomic mass is 10.2. The minimum atomic E-state index is -0.0312. The molecular weight excluding hydrogens is 542 g/mol. The molecule has 10 nitrogen and oxygen atoms in total. The summed E-state index contributed by atoms with van der Waals surface area (Å²) >= 11 is 0. The Labute approximate surface area is 254 Å². The lowest BCUT2D eigenvalue weighted by molar-refractivity contribution is 0.0388. The second-order valence-electron chi connectivity index (χ2n) is 10.9. The molecule has 2 fully saturated rings. The third-order valence-corrected chi connectivity index (χ3v) is 7.73. The van der Waals surface area contributed by atoms with Crippen molar-refractivity contribution in [3.63, 3.8) is 0 Å². The number of imidazole rings is 1. The summed E-state index contributed by atoms with van der Waals surface area (Å²) < 4.78 is 16.6. The van der Waals surface area contributed by atoms with E-state index in [2.05, 4.69) is 87.9 Å². The van der Waals surface area contributed by atoms with E-state index in [0.29, 0.717) is 39.6 Å². The van der Waals surface area contributed by atoms with Crippen LogP contribution in [0.3, 0.4) is 0 Å². The third-order valence-electron chi connectivity index (χ3n) is 7.73. The normalized spacial score (nSPS) is 19.8. The summed E-state index contributed by atoms with van der Waals surface area (Å²) in [6, 6.07) is 14.7. The van der Waals surface area contributed by atoms with Crippen molar-refractivity contribution >= 4 is 22.3 Å². The summed E-state index contributed by atoms with van der Waals surface area (Å²) in [5, 5.41) is 7.18. The highest BCUT2D eigenvalue weighted by Crippen LogP contribution is 2.27. The largest absolute Gasteiger partial charge is 0.491 e. The number of hydrogen-bond donors (Lipinski definition) is 4. The fraction of sp³-hybridized carbons (Fsp3) is 0.424. The highest BCUT2D eigenvalue weighted by atomic mass is 16.5. The van der Waals surface area contributed by atoms with E-state index in [9.17, 15) is 0 Å². The van der Waals surface area contributed by atoms with Gasteiger partial charge in [0.1, 0.15) is 24.3 Å². The Balaban J connectivity index is 1.16. The predicted molar refractivity (Wildman–Crippen MR) is 173 cm³/mol. The van der Waals surface area contributed by atoms with Crippen LogP contribution in [0.5, 0.6) is 5.75 Å². The lowest BCUT2D eigenvalue weighted by Crippen LogP contribution is -2.44. The van der Waals surface area contributed by atoms with Crippen LogP contribution in [0.2, 0.25) is 0 Å². The van der Waals surface area contributed by atoms with Crippen LogP contribution in [0.1, 0.15) is 31.4 Å². The second-order valence-corrected chi connectivity index (χ2v) is 10.9. The van der Waals surface area contributed by atoms with Crippen LogP contribution < -0.4 is 26.0 Å². The van der Waals surface area contributed by atoms with E-state index in [0.717, 1.165) is 71.3 Å². The number of nitrogens with one attached hydrogen (secondary N) is 3. The van der Waals surface area contributed by atoms with Crippen LogP contribution in [0.4, 0.5) is 5.69 Å². The maximum Gasteiger partial charge on any atom is 0.134 e. The van der Waals surface area contributed by atoms with Crippen LogP contribution in [0.15, 0.2) is 72.1 Å². The van der Waals surface area contributed by atoms with E-state index < -0.39 is 0 Å². The Kier molecular flexibility index (Phi) is 10.7. The number of nitrogens with zero attached hydrogens (tertiary/aromatic N) is 3. The zero-order valence-electron chi connectivity index (χ0n) is 25.6. The molecule has 0 amide bonds. The molecule has 1 atom stereocenters. The van der Waals surface area contributed by atoms with E-state index in [4.69, 9.17) is 24.9 Å². The van der Waals surface area contributed by atoms with Gasteiger partial charge in [0.15, 0.2) is 0 Å². The van der Waals surface area contributed by atoms with Crippen molar-refractivity contribution < 1.29 is 14.2 Å². The number of aromatic amines is 1. The maximum atomic E-state index is 5.81. The first-order valence-corrected chi connectivity index (χ1v) is 15.1. The van der Waals surface area contributed by atoms with Gasteiger partial charge in [-0.25, -0.2) is 4.98 Å².